The average Bonchev–Trinajstić information content (AvgIpc) is 2.97. The molecule has 1 aromatic heterocycles. The molecule has 0 spiro atoms. The number of fused-ring (bicyclic) bond motifs is 1. The molecule has 1 saturated heterocycles. The summed E-state index contributed by atoms with van der Waals surface area (Å²) in [5.41, 5.74) is 2.14. The number of benzene rings is 3. The summed E-state index contributed by atoms with van der Waals surface area (Å²) in [4.78, 5) is 16.2. The van der Waals surface area contributed by atoms with Gasteiger partial charge in [0.05, 0.1) is 48.5 Å². The minimum absolute atomic E-state index is 0.00900. The van der Waals surface area contributed by atoms with Crippen LogP contribution in [0.5, 0.6) is 5.75 Å². The Morgan fingerprint density at radius 2 is 1.98 bits per heavy atom. The van der Waals surface area contributed by atoms with Gasteiger partial charge < -0.3 is 25.2 Å². The summed E-state index contributed by atoms with van der Waals surface area (Å²) in [5.74, 6) is -1.25. The summed E-state index contributed by atoms with van der Waals surface area (Å²) >= 11 is 3.27. The van der Waals surface area contributed by atoms with Crippen LogP contribution in [-0.2, 0) is 21.3 Å². The molecule has 0 amide bonds. The summed E-state index contributed by atoms with van der Waals surface area (Å²) in [7, 11) is -2.73. The molecule has 1 atom stereocenters. The third-order valence-corrected chi connectivity index (χ3v) is 8.84. The highest BCUT2D eigenvalue weighted by atomic mass is 79.9. The normalized spacial score (nSPS) is 15.5. The largest absolute Gasteiger partial charge is 0.497 e. The second kappa shape index (κ2) is 12.3. The molecule has 1 aliphatic heterocycles. The first kappa shape index (κ1) is 29.9. The monoisotopic (exact) mass is 658 g/mol. The Morgan fingerprint density at radius 1 is 1.21 bits per heavy atom. The van der Waals surface area contributed by atoms with Gasteiger partial charge in [-0.2, -0.15) is 0 Å². The fourth-order valence-electron chi connectivity index (χ4n) is 4.87. The van der Waals surface area contributed by atoms with E-state index in [1.54, 1.807) is 43.3 Å². The van der Waals surface area contributed by atoms with Crippen molar-refractivity contribution in [2.45, 2.75) is 24.4 Å². The van der Waals surface area contributed by atoms with Crippen LogP contribution in [0.3, 0.4) is 0 Å². The van der Waals surface area contributed by atoms with Crippen molar-refractivity contribution in [3.05, 3.63) is 87.3 Å². The maximum Gasteiger partial charge on any atom is 0.336 e. The van der Waals surface area contributed by atoms with Crippen molar-refractivity contribution in [2.75, 3.05) is 32.2 Å². The third-order valence-electron chi connectivity index (χ3n) is 6.97. The number of aromatic nitrogens is 1. The van der Waals surface area contributed by atoms with E-state index in [2.05, 4.69) is 36.3 Å². The Kier molecular flexibility index (Phi) is 8.76. The van der Waals surface area contributed by atoms with Crippen molar-refractivity contribution < 1.29 is 32.2 Å². The molecule has 5 rings (SSSR count). The molecule has 0 bridgehead atoms. The number of carbonyl (C=O) groups is 1. The van der Waals surface area contributed by atoms with E-state index in [0.29, 0.717) is 45.8 Å². The first-order valence-corrected chi connectivity index (χ1v) is 15.2. The second-order valence-electron chi connectivity index (χ2n) is 9.68. The number of aromatic carboxylic acids is 1. The number of nitrogens with zero attached hydrogens (tertiary/aromatic N) is 1. The highest BCUT2D eigenvalue weighted by molar-refractivity contribution is 9.10. The van der Waals surface area contributed by atoms with Crippen molar-refractivity contribution in [2.24, 2.45) is 0 Å². The van der Waals surface area contributed by atoms with Gasteiger partial charge in [-0.05, 0) is 48.4 Å². The number of methoxy groups -OCH3 is 1. The van der Waals surface area contributed by atoms with Crippen LogP contribution >= 0.6 is 15.9 Å². The zero-order chi connectivity index (χ0) is 30.0. The number of nitrogens with one attached hydrogen (secondary N) is 3. The standard InChI is InChI=1S/C29H28BrFN4O6S/c1-16-3-8-20(29(36)37)25(23-15-41-10-9-32-23)27(16)35-28-24(14-33-22-12-18(30)11-21(31)26(22)28)42(38,39)34-13-17-4-6-19(40-2)7-5-17/h3-8,11-12,14,23,32,34H,9-10,13,15H2,1-2H3,(H,33,35)(H,36,37). The maximum atomic E-state index is 15.6. The van der Waals surface area contributed by atoms with Crippen LogP contribution in [0.25, 0.3) is 10.9 Å². The Bertz CT molecular complexity index is 1760. The second-order valence-corrected chi connectivity index (χ2v) is 12.3. The number of hydrogen-bond donors (Lipinski definition) is 4. The van der Waals surface area contributed by atoms with Crippen LogP contribution in [0.2, 0.25) is 0 Å². The highest BCUT2D eigenvalue weighted by Gasteiger charge is 2.29. The van der Waals surface area contributed by atoms with Gasteiger partial charge in [0.15, 0.2) is 0 Å². The number of pyridine rings is 1. The Balaban J connectivity index is 1.66. The molecule has 42 heavy (non-hydrogen) atoms. The zero-order valence-corrected chi connectivity index (χ0v) is 25.1. The topological polar surface area (TPSA) is 139 Å². The van der Waals surface area contributed by atoms with Gasteiger partial charge in [0.1, 0.15) is 16.5 Å². The number of hydrogen-bond acceptors (Lipinski definition) is 8. The van der Waals surface area contributed by atoms with Crippen molar-refractivity contribution in [1.82, 2.24) is 15.0 Å². The summed E-state index contributed by atoms with van der Waals surface area (Å²) in [5, 5.41) is 16.4. The quantitative estimate of drug-likeness (QED) is 0.195. The zero-order valence-electron chi connectivity index (χ0n) is 22.7. The Labute approximate surface area is 250 Å². The lowest BCUT2D eigenvalue weighted by Crippen LogP contribution is -2.36. The van der Waals surface area contributed by atoms with Crippen LogP contribution in [-0.4, -0.2) is 51.3 Å². The van der Waals surface area contributed by atoms with E-state index in [4.69, 9.17) is 9.47 Å². The number of carboxylic acids is 1. The van der Waals surface area contributed by atoms with E-state index < -0.39 is 27.9 Å². The first-order valence-electron chi connectivity index (χ1n) is 12.9. The van der Waals surface area contributed by atoms with Crippen molar-refractivity contribution in [1.29, 1.82) is 0 Å². The summed E-state index contributed by atoms with van der Waals surface area (Å²) in [6, 6.07) is 12.3. The van der Waals surface area contributed by atoms with E-state index >= 15 is 4.39 Å². The lowest BCUT2D eigenvalue weighted by atomic mass is 9.94. The fraction of sp³-hybridized carbons (Fsp3) is 0.241. The predicted octanol–water partition coefficient (Wildman–Crippen LogP) is 5.03. The van der Waals surface area contributed by atoms with Gasteiger partial charge in [0, 0.05) is 35.0 Å². The molecule has 220 valence electrons. The number of anilines is 2. The Hall–Kier alpha value is -3.62. The van der Waals surface area contributed by atoms with Gasteiger partial charge in [-0.3, -0.25) is 4.98 Å². The molecular formula is C29H28BrFN4O6S. The molecule has 13 heteroatoms. The molecule has 4 aromatic rings. The molecule has 0 radical (unpaired) electrons. The smallest absolute Gasteiger partial charge is 0.336 e. The van der Waals surface area contributed by atoms with Crippen molar-refractivity contribution in [3.8, 4) is 5.75 Å². The predicted molar refractivity (Wildman–Crippen MR) is 159 cm³/mol. The lowest BCUT2D eigenvalue weighted by Gasteiger charge is -2.29. The summed E-state index contributed by atoms with van der Waals surface area (Å²) in [6.07, 6.45) is 1.16. The van der Waals surface area contributed by atoms with Gasteiger partial charge in [0.2, 0.25) is 10.0 Å². The number of sulfonamides is 1. The molecule has 1 unspecified atom stereocenters. The molecule has 0 aliphatic carbocycles. The highest BCUT2D eigenvalue weighted by Crippen LogP contribution is 2.39. The van der Waals surface area contributed by atoms with E-state index in [9.17, 15) is 18.3 Å². The van der Waals surface area contributed by atoms with Crippen LogP contribution in [0.15, 0.2) is 64.1 Å². The van der Waals surface area contributed by atoms with E-state index in [-0.39, 0.29) is 40.2 Å². The van der Waals surface area contributed by atoms with E-state index in [0.717, 1.165) is 6.20 Å². The SMILES string of the molecule is COc1ccc(CNS(=O)(=O)c2cnc3cc(Br)cc(F)c3c2Nc2c(C)ccc(C(=O)O)c2C2COCCN2)cc1. The van der Waals surface area contributed by atoms with Gasteiger partial charge in [0.25, 0.3) is 0 Å². The van der Waals surface area contributed by atoms with Crippen LogP contribution in [0.1, 0.15) is 33.1 Å². The van der Waals surface area contributed by atoms with Crippen molar-refractivity contribution in [3.63, 3.8) is 0 Å². The van der Waals surface area contributed by atoms with E-state index in [1.807, 2.05) is 0 Å². The minimum atomic E-state index is -4.26. The molecule has 0 saturated carbocycles. The Morgan fingerprint density at radius 3 is 2.64 bits per heavy atom. The molecule has 3 aromatic carbocycles. The summed E-state index contributed by atoms with van der Waals surface area (Å²) < 4.78 is 56.8. The average molecular weight is 660 g/mol. The maximum absolute atomic E-state index is 15.6. The minimum Gasteiger partial charge on any atom is -0.497 e. The molecular weight excluding hydrogens is 631 g/mol. The molecule has 1 fully saturated rings. The molecule has 10 nitrogen and oxygen atoms in total. The first-order chi connectivity index (χ1) is 20.1. The number of halogens is 2. The summed E-state index contributed by atoms with van der Waals surface area (Å²) in [6.45, 7) is 2.87. The number of carboxylic acid groups (broad SMARTS) is 1. The number of morpholine rings is 1. The molecule has 4 N–H and O–H groups in total. The van der Waals surface area contributed by atoms with Gasteiger partial charge >= 0.3 is 5.97 Å². The van der Waals surface area contributed by atoms with Crippen LogP contribution < -0.4 is 20.1 Å². The molecule has 1 aliphatic rings. The number of aryl methyl sites for hydroxylation is 1. The third kappa shape index (κ3) is 6.10. The number of rotatable bonds is 9. The molecule has 2 heterocycles. The van der Waals surface area contributed by atoms with Crippen LogP contribution in [0, 0.1) is 12.7 Å². The lowest BCUT2D eigenvalue weighted by molar-refractivity contribution is 0.0673. The fourth-order valence-corrected chi connectivity index (χ4v) is 6.41. The van der Waals surface area contributed by atoms with E-state index in [1.165, 1.54) is 19.2 Å². The number of ether oxygens (including phenoxy) is 2. The van der Waals surface area contributed by atoms with Crippen LogP contribution in [0.4, 0.5) is 15.8 Å². The van der Waals surface area contributed by atoms with Gasteiger partial charge in [-0.1, -0.05) is 34.1 Å². The van der Waals surface area contributed by atoms with Crippen molar-refractivity contribution >= 4 is 54.2 Å². The van der Waals surface area contributed by atoms with Gasteiger partial charge in [-0.15, -0.1) is 0 Å². The van der Waals surface area contributed by atoms with Gasteiger partial charge in [-0.25, -0.2) is 22.3 Å².